The van der Waals surface area contributed by atoms with Crippen LogP contribution in [0.5, 0.6) is 0 Å². The van der Waals surface area contributed by atoms with Crippen molar-refractivity contribution >= 4 is 0 Å². The van der Waals surface area contributed by atoms with E-state index in [1.807, 2.05) is 0 Å². The van der Waals surface area contributed by atoms with Crippen LogP contribution in [0.4, 0.5) is 13.2 Å². The summed E-state index contributed by atoms with van der Waals surface area (Å²) in [6, 6.07) is 0. The second-order valence-corrected chi connectivity index (χ2v) is 4.98. The standard InChI is InChI=1S/C12H22F3NO2/c13-12(14,15)10-18-8-4-7-16-9-11(17)5-2-1-3-6-11/h16-17H,1-10H2. The Labute approximate surface area is 106 Å². The molecule has 0 aromatic carbocycles. The molecule has 18 heavy (non-hydrogen) atoms. The summed E-state index contributed by atoms with van der Waals surface area (Å²) in [5, 5.41) is 13.2. The molecule has 1 rings (SSSR count). The fraction of sp³-hybridized carbons (Fsp3) is 1.00. The second-order valence-electron chi connectivity index (χ2n) is 4.98. The van der Waals surface area contributed by atoms with E-state index in [4.69, 9.17) is 0 Å². The Bertz CT molecular complexity index is 228. The molecule has 3 nitrogen and oxygen atoms in total. The molecule has 108 valence electrons. The number of hydrogen-bond donors (Lipinski definition) is 2. The van der Waals surface area contributed by atoms with Gasteiger partial charge in [-0.2, -0.15) is 13.2 Å². The first kappa shape index (κ1) is 15.7. The molecule has 1 fully saturated rings. The zero-order valence-corrected chi connectivity index (χ0v) is 10.6. The molecule has 0 atom stereocenters. The van der Waals surface area contributed by atoms with Crippen molar-refractivity contribution in [1.82, 2.24) is 5.32 Å². The normalized spacial score (nSPS) is 20.0. The van der Waals surface area contributed by atoms with Gasteiger partial charge in [0, 0.05) is 13.2 Å². The highest BCUT2D eigenvalue weighted by Gasteiger charge is 2.28. The Kier molecular flexibility index (Phi) is 6.38. The van der Waals surface area contributed by atoms with Gasteiger partial charge in [-0.3, -0.25) is 0 Å². The lowest BCUT2D eigenvalue weighted by Gasteiger charge is -2.32. The zero-order valence-electron chi connectivity index (χ0n) is 10.6. The number of rotatable bonds is 7. The molecule has 0 radical (unpaired) electrons. The number of alkyl halides is 3. The summed E-state index contributed by atoms with van der Waals surface area (Å²) in [7, 11) is 0. The summed E-state index contributed by atoms with van der Waals surface area (Å²) in [6.07, 6.45) is 1.17. The van der Waals surface area contributed by atoms with Gasteiger partial charge in [-0.15, -0.1) is 0 Å². The summed E-state index contributed by atoms with van der Waals surface area (Å²) in [5.41, 5.74) is -0.620. The first-order valence-electron chi connectivity index (χ1n) is 6.49. The molecular weight excluding hydrogens is 247 g/mol. The molecule has 0 aliphatic heterocycles. The van der Waals surface area contributed by atoms with E-state index >= 15 is 0 Å². The highest BCUT2D eigenvalue weighted by molar-refractivity contribution is 4.84. The zero-order chi connectivity index (χ0) is 13.5. The van der Waals surface area contributed by atoms with Gasteiger partial charge in [-0.05, 0) is 25.8 Å². The maximum absolute atomic E-state index is 11.8. The number of ether oxygens (including phenoxy) is 1. The maximum atomic E-state index is 11.8. The Morgan fingerprint density at radius 2 is 1.83 bits per heavy atom. The van der Waals surface area contributed by atoms with Crippen LogP contribution in [-0.2, 0) is 4.74 Å². The minimum atomic E-state index is -4.25. The van der Waals surface area contributed by atoms with Crippen LogP contribution in [0, 0.1) is 0 Å². The predicted octanol–water partition coefficient (Wildman–Crippen LogP) is 2.24. The van der Waals surface area contributed by atoms with Crippen molar-refractivity contribution in [2.24, 2.45) is 0 Å². The van der Waals surface area contributed by atoms with Crippen molar-refractivity contribution in [2.45, 2.75) is 50.3 Å². The molecule has 0 saturated heterocycles. The summed E-state index contributed by atoms with van der Waals surface area (Å²) >= 11 is 0. The van der Waals surface area contributed by atoms with Crippen LogP contribution >= 0.6 is 0 Å². The van der Waals surface area contributed by atoms with Crippen molar-refractivity contribution in [1.29, 1.82) is 0 Å². The number of hydrogen-bond acceptors (Lipinski definition) is 3. The van der Waals surface area contributed by atoms with E-state index in [2.05, 4.69) is 10.1 Å². The van der Waals surface area contributed by atoms with Crippen LogP contribution in [-0.4, -0.2) is 43.2 Å². The van der Waals surface area contributed by atoms with Crippen molar-refractivity contribution < 1.29 is 23.0 Å². The molecule has 0 unspecified atom stereocenters. The number of aliphatic hydroxyl groups is 1. The van der Waals surface area contributed by atoms with Crippen LogP contribution in [0.25, 0.3) is 0 Å². The molecule has 0 aromatic rings. The maximum Gasteiger partial charge on any atom is 0.411 e. The van der Waals surface area contributed by atoms with E-state index in [1.54, 1.807) is 0 Å². The third kappa shape index (κ3) is 7.18. The fourth-order valence-corrected chi connectivity index (χ4v) is 2.19. The van der Waals surface area contributed by atoms with Crippen molar-refractivity contribution in [3.8, 4) is 0 Å². The Morgan fingerprint density at radius 1 is 1.17 bits per heavy atom. The summed E-state index contributed by atoms with van der Waals surface area (Å²) in [4.78, 5) is 0. The second kappa shape index (κ2) is 7.31. The summed E-state index contributed by atoms with van der Waals surface area (Å²) in [5.74, 6) is 0. The minimum absolute atomic E-state index is 0.0882. The Balaban J connectivity index is 1.95. The van der Waals surface area contributed by atoms with Gasteiger partial charge in [0.25, 0.3) is 0 Å². The van der Waals surface area contributed by atoms with Crippen LogP contribution < -0.4 is 5.32 Å². The van der Waals surface area contributed by atoms with E-state index in [1.165, 1.54) is 6.42 Å². The van der Waals surface area contributed by atoms with Crippen LogP contribution in [0.2, 0.25) is 0 Å². The third-order valence-corrected chi connectivity index (χ3v) is 3.15. The van der Waals surface area contributed by atoms with Crippen LogP contribution in [0.3, 0.4) is 0 Å². The van der Waals surface area contributed by atoms with E-state index in [9.17, 15) is 18.3 Å². The van der Waals surface area contributed by atoms with E-state index in [0.717, 1.165) is 25.7 Å². The molecule has 6 heteroatoms. The molecule has 0 bridgehead atoms. The van der Waals surface area contributed by atoms with Gasteiger partial charge >= 0.3 is 6.18 Å². The molecule has 0 amide bonds. The SMILES string of the molecule is OC1(CNCCCOCC(F)(F)F)CCCCC1. The predicted molar refractivity (Wildman–Crippen MR) is 62.4 cm³/mol. The molecular formula is C12H22F3NO2. The van der Waals surface area contributed by atoms with Crippen molar-refractivity contribution in [2.75, 3.05) is 26.3 Å². The number of nitrogens with one attached hydrogen (secondary N) is 1. The van der Waals surface area contributed by atoms with Crippen molar-refractivity contribution in [3.63, 3.8) is 0 Å². The average molecular weight is 269 g/mol. The number of halogens is 3. The minimum Gasteiger partial charge on any atom is -0.389 e. The molecule has 0 aromatic heterocycles. The molecule has 1 aliphatic carbocycles. The highest BCUT2D eigenvalue weighted by atomic mass is 19.4. The van der Waals surface area contributed by atoms with Gasteiger partial charge in [0.2, 0.25) is 0 Å². The first-order valence-corrected chi connectivity index (χ1v) is 6.49. The van der Waals surface area contributed by atoms with Gasteiger partial charge in [-0.1, -0.05) is 19.3 Å². The molecule has 1 saturated carbocycles. The Morgan fingerprint density at radius 3 is 2.44 bits per heavy atom. The summed E-state index contributed by atoms with van der Waals surface area (Å²) in [6.45, 7) is -0.00564. The van der Waals surface area contributed by atoms with Gasteiger partial charge < -0.3 is 15.2 Å². The molecule has 2 N–H and O–H groups in total. The lowest BCUT2D eigenvalue weighted by Crippen LogP contribution is -2.42. The van der Waals surface area contributed by atoms with E-state index < -0.39 is 18.4 Å². The smallest absolute Gasteiger partial charge is 0.389 e. The lowest BCUT2D eigenvalue weighted by molar-refractivity contribution is -0.173. The fourth-order valence-electron chi connectivity index (χ4n) is 2.19. The molecule has 1 aliphatic rings. The van der Waals surface area contributed by atoms with Gasteiger partial charge in [-0.25, -0.2) is 0 Å². The largest absolute Gasteiger partial charge is 0.411 e. The topological polar surface area (TPSA) is 41.5 Å². The molecule has 0 heterocycles. The highest BCUT2D eigenvalue weighted by Crippen LogP contribution is 2.27. The van der Waals surface area contributed by atoms with Crippen LogP contribution in [0.1, 0.15) is 38.5 Å². The summed E-state index contributed by atoms with van der Waals surface area (Å²) < 4.78 is 39.7. The monoisotopic (exact) mass is 269 g/mol. The molecule has 0 spiro atoms. The van der Waals surface area contributed by atoms with Crippen LogP contribution in [0.15, 0.2) is 0 Å². The first-order chi connectivity index (χ1) is 8.41. The van der Waals surface area contributed by atoms with Crippen molar-refractivity contribution in [3.05, 3.63) is 0 Å². The van der Waals surface area contributed by atoms with Gasteiger partial charge in [0.15, 0.2) is 0 Å². The van der Waals surface area contributed by atoms with Gasteiger partial charge in [0.1, 0.15) is 6.61 Å². The Hall–Kier alpha value is -0.330. The van der Waals surface area contributed by atoms with Gasteiger partial charge in [0.05, 0.1) is 5.60 Å². The van der Waals surface area contributed by atoms with E-state index in [0.29, 0.717) is 19.5 Å². The lowest BCUT2D eigenvalue weighted by atomic mass is 9.85. The average Bonchev–Trinajstić information content (AvgIpc) is 2.27. The third-order valence-electron chi connectivity index (χ3n) is 3.15. The quantitative estimate of drug-likeness (QED) is 0.696. The van der Waals surface area contributed by atoms with E-state index in [-0.39, 0.29) is 6.61 Å².